The number of benzene rings is 1. The summed E-state index contributed by atoms with van der Waals surface area (Å²) in [5, 5.41) is 3.21. The second kappa shape index (κ2) is 7.33. The summed E-state index contributed by atoms with van der Waals surface area (Å²) in [6, 6.07) is 7.54. The summed E-state index contributed by atoms with van der Waals surface area (Å²) in [5.41, 5.74) is 1.79. The zero-order valence-electron chi connectivity index (χ0n) is 11.6. The second-order valence-corrected chi connectivity index (χ2v) is 5.87. The number of nitrogens with one attached hydrogen (secondary N) is 1. The van der Waals surface area contributed by atoms with Crippen LogP contribution in [0.2, 0.25) is 0 Å². The molecule has 1 heterocycles. The minimum absolute atomic E-state index is 0.138. The molecule has 0 aliphatic carbocycles. The highest BCUT2D eigenvalue weighted by Gasteiger charge is 2.20. The van der Waals surface area contributed by atoms with E-state index in [0.29, 0.717) is 17.9 Å². The lowest BCUT2D eigenvalue weighted by molar-refractivity contribution is -0.118. The molecule has 1 fully saturated rings. The van der Waals surface area contributed by atoms with Crippen molar-refractivity contribution in [3.8, 4) is 0 Å². The van der Waals surface area contributed by atoms with Crippen molar-refractivity contribution in [3.63, 3.8) is 0 Å². The molecule has 0 bridgehead atoms. The van der Waals surface area contributed by atoms with E-state index < -0.39 is 0 Å². The third kappa shape index (κ3) is 4.27. The number of carbonyl (C=O) groups excluding carboxylic acids is 2. The molecule has 1 aliphatic rings. The van der Waals surface area contributed by atoms with Crippen LogP contribution in [-0.2, 0) is 16.0 Å². The average Bonchev–Trinajstić information content (AvgIpc) is 2.85. The highest BCUT2D eigenvalue weighted by Crippen LogP contribution is 2.20. The lowest BCUT2D eigenvalue weighted by atomic mass is 10.1. The Morgan fingerprint density at radius 1 is 1.40 bits per heavy atom. The van der Waals surface area contributed by atoms with Crippen LogP contribution in [-0.4, -0.2) is 29.6 Å². The maximum Gasteiger partial charge on any atom is 0.338 e. The summed E-state index contributed by atoms with van der Waals surface area (Å²) in [4.78, 5) is 22.6. The van der Waals surface area contributed by atoms with Gasteiger partial charge in [0, 0.05) is 0 Å². The summed E-state index contributed by atoms with van der Waals surface area (Å²) in [6.07, 6.45) is 2.96. The number of aryl methyl sites for hydroxylation is 1. The molecule has 4 nitrogen and oxygen atoms in total. The van der Waals surface area contributed by atoms with Crippen LogP contribution < -0.4 is 5.32 Å². The summed E-state index contributed by atoms with van der Waals surface area (Å²) in [5.74, 6) is 0.446. The normalized spacial score (nSPS) is 17.9. The lowest BCUT2D eigenvalue weighted by Crippen LogP contribution is -2.24. The van der Waals surface area contributed by atoms with Gasteiger partial charge < -0.3 is 10.1 Å². The minimum atomic E-state index is -0.274. The van der Waals surface area contributed by atoms with Gasteiger partial charge in [-0.2, -0.15) is 0 Å². The number of amides is 1. The zero-order valence-corrected chi connectivity index (χ0v) is 12.4. The Balaban J connectivity index is 1.76. The van der Waals surface area contributed by atoms with Crippen molar-refractivity contribution >= 4 is 23.6 Å². The van der Waals surface area contributed by atoms with Crippen LogP contribution in [0.4, 0.5) is 0 Å². The van der Waals surface area contributed by atoms with E-state index >= 15 is 0 Å². The monoisotopic (exact) mass is 293 g/mol. The van der Waals surface area contributed by atoms with Crippen molar-refractivity contribution in [2.24, 2.45) is 0 Å². The quantitative estimate of drug-likeness (QED) is 0.818. The van der Waals surface area contributed by atoms with E-state index in [1.807, 2.05) is 12.1 Å². The molecule has 1 aromatic carbocycles. The summed E-state index contributed by atoms with van der Waals surface area (Å²) < 4.78 is 4.94. The van der Waals surface area contributed by atoms with Gasteiger partial charge in [0.2, 0.25) is 5.91 Å². The van der Waals surface area contributed by atoms with Crippen LogP contribution >= 0.6 is 11.8 Å². The Labute approximate surface area is 123 Å². The van der Waals surface area contributed by atoms with Gasteiger partial charge in [-0.3, -0.25) is 4.79 Å². The minimum Gasteiger partial charge on any atom is -0.462 e. The Morgan fingerprint density at radius 2 is 2.15 bits per heavy atom. The third-order valence-electron chi connectivity index (χ3n) is 3.13. The molecule has 1 atom stereocenters. The molecule has 108 valence electrons. The van der Waals surface area contributed by atoms with Crippen molar-refractivity contribution in [2.45, 2.75) is 31.6 Å². The van der Waals surface area contributed by atoms with Gasteiger partial charge in [0.25, 0.3) is 0 Å². The fraction of sp³-hybridized carbons (Fsp3) is 0.467. The van der Waals surface area contributed by atoms with E-state index in [9.17, 15) is 9.59 Å². The Morgan fingerprint density at radius 3 is 2.75 bits per heavy atom. The third-order valence-corrected chi connectivity index (χ3v) is 4.32. The number of hydrogen-bond acceptors (Lipinski definition) is 4. The molecular formula is C15H19NO3S. The molecule has 1 unspecified atom stereocenters. The first kappa shape index (κ1) is 14.9. The highest BCUT2D eigenvalue weighted by molar-refractivity contribution is 8.01. The second-order valence-electron chi connectivity index (χ2n) is 4.68. The van der Waals surface area contributed by atoms with Crippen LogP contribution in [0.3, 0.4) is 0 Å². The van der Waals surface area contributed by atoms with Crippen molar-refractivity contribution < 1.29 is 14.3 Å². The van der Waals surface area contributed by atoms with Gasteiger partial charge in [-0.05, 0) is 43.9 Å². The first-order valence-electron chi connectivity index (χ1n) is 6.86. The number of ether oxygens (including phenoxy) is 1. The zero-order chi connectivity index (χ0) is 14.4. The largest absolute Gasteiger partial charge is 0.462 e. The topological polar surface area (TPSA) is 55.4 Å². The molecule has 1 N–H and O–H groups in total. The number of hydrogen-bond donors (Lipinski definition) is 1. The number of carbonyl (C=O) groups is 2. The molecule has 0 aromatic heterocycles. The van der Waals surface area contributed by atoms with Gasteiger partial charge in [0.1, 0.15) is 0 Å². The predicted octanol–water partition coefficient (Wildman–Crippen LogP) is 2.38. The number of thioether (sulfide) groups is 1. The van der Waals surface area contributed by atoms with E-state index in [0.717, 1.165) is 19.3 Å². The van der Waals surface area contributed by atoms with Gasteiger partial charge in [-0.15, -0.1) is 11.8 Å². The van der Waals surface area contributed by atoms with E-state index in [1.165, 1.54) is 5.56 Å². The van der Waals surface area contributed by atoms with Crippen molar-refractivity contribution in [2.75, 3.05) is 12.4 Å². The first-order chi connectivity index (χ1) is 9.69. The molecule has 5 heteroatoms. The molecule has 1 amide bonds. The summed E-state index contributed by atoms with van der Waals surface area (Å²) in [6.45, 7) is 2.19. The van der Waals surface area contributed by atoms with Gasteiger partial charge in [0.05, 0.1) is 23.3 Å². The molecule has 0 saturated carbocycles. The molecular weight excluding hydrogens is 274 g/mol. The van der Waals surface area contributed by atoms with Gasteiger partial charge in [-0.25, -0.2) is 4.79 Å². The number of esters is 1. The first-order valence-corrected chi connectivity index (χ1v) is 7.91. The molecule has 20 heavy (non-hydrogen) atoms. The van der Waals surface area contributed by atoms with Crippen molar-refractivity contribution in [1.29, 1.82) is 0 Å². The van der Waals surface area contributed by atoms with Crippen LogP contribution in [0.5, 0.6) is 0 Å². The summed E-state index contributed by atoms with van der Waals surface area (Å²) in [7, 11) is 0. The molecule has 1 aliphatic heterocycles. The molecule has 1 saturated heterocycles. The van der Waals surface area contributed by atoms with Crippen LogP contribution in [0.1, 0.15) is 35.7 Å². The maximum absolute atomic E-state index is 11.5. The Kier molecular flexibility index (Phi) is 5.47. The van der Waals surface area contributed by atoms with Crippen LogP contribution in [0.25, 0.3) is 0 Å². The Hall–Kier alpha value is -1.49. The molecule has 1 aromatic rings. The highest BCUT2D eigenvalue weighted by atomic mass is 32.2. The molecule has 0 spiro atoms. The standard InChI is InChI=1S/C15H19NO3S/c1-2-19-15(18)12-8-6-11(7-9-12)4-3-5-14-16-13(17)10-20-14/h6-9,14H,2-5,10H2,1H3,(H,16,17). The van der Waals surface area contributed by atoms with Crippen LogP contribution in [0.15, 0.2) is 24.3 Å². The lowest BCUT2D eigenvalue weighted by Gasteiger charge is -2.09. The van der Waals surface area contributed by atoms with Crippen LogP contribution in [0, 0.1) is 0 Å². The fourth-order valence-electron chi connectivity index (χ4n) is 2.11. The molecule has 0 radical (unpaired) electrons. The van der Waals surface area contributed by atoms with E-state index in [-0.39, 0.29) is 17.3 Å². The van der Waals surface area contributed by atoms with Crippen molar-refractivity contribution in [3.05, 3.63) is 35.4 Å². The van der Waals surface area contributed by atoms with Gasteiger partial charge in [0.15, 0.2) is 0 Å². The SMILES string of the molecule is CCOC(=O)c1ccc(CCCC2NC(=O)CS2)cc1. The molecule has 2 rings (SSSR count). The Bertz CT molecular complexity index is 473. The summed E-state index contributed by atoms with van der Waals surface area (Å²) >= 11 is 1.68. The smallest absolute Gasteiger partial charge is 0.338 e. The fourth-order valence-corrected chi connectivity index (χ4v) is 3.09. The van der Waals surface area contributed by atoms with Gasteiger partial charge >= 0.3 is 5.97 Å². The predicted molar refractivity (Wildman–Crippen MR) is 79.7 cm³/mol. The number of rotatable bonds is 6. The average molecular weight is 293 g/mol. The maximum atomic E-state index is 11.5. The van der Waals surface area contributed by atoms with E-state index in [1.54, 1.807) is 30.8 Å². The van der Waals surface area contributed by atoms with Crippen molar-refractivity contribution in [1.82, 2.24) is 5.32 Å². The van der Waals surface area contributed by atoms with E-state index in [4.69, 9.17) is 4.74 Å². The van der Waals surface area contributed by atoms with Gasteiger partial charge in [-0.1, -0.05) is 12.1 Å². The van der Waals surface area contributed by atoms with E-state index in [2.05, 4.69) is 5.32 Å².